The highest BCUT2D eigenvalue weighted by molar-refractivity contribution is 6.07. The van der Waals surface area contributed by atoms with E-state index in [1.54, 1.807) is 4.68 Å². The monoisotopic (exact) mass is 339 g/mol. The number of rotatable bonds is 4. The van der Waals surface area contributed by atoms with Crippen molar-refractivity contribution in [2.75, 3.05) is 5.32 Å². The van der Waals surface area contributed by atoms with Gasteiger partial charge in [-0.1, -0.05) is 66.7 Å². The van der Waals surface area contributed by atoms with Crippen LogP contribution in [0.4, 0.5) is 5.69 Å². The smallest absolute Gasteiger partial charge is 0.276 e. The minimum atomic E-state index is -0.232. The highest BCUT2D eigenvalue weighted by atomic mass is 16.2. The summed E-state index contributed by atoms with van der Waals surface area (Å²) in [5, 5.41) is 7.48. The summed E-state index contributed by atoms with van der Waals surface area (Å²) < 4.78 is 1.74. The van der Waals surface area contributed by atoms with Gasteiger partial charge in [0.15, 0.2) is 5.69 Å². The maximum absolute atomic E-state index is 12.9. The van der Waals surface area contributed by atoms with E-state index in [9.17, 15) is 4.79 Å². The van der Waals surface area contributed by atoms with E-state index >= 15 is 0 Å². The largest absolute Gasteiger partial charge is 0.321 e. The van der Waals surface area contributed by atoms with Gasteiger partial charge >= 0.3 is 0 Å². The number of carbonyl (C=O) groups is 1. The molecule has 0 unspecified atom stereocenters. The molecule has 0 saturated carbocycles. The third-order valence-corrected chi connectivity index (χ3v) is 4.07. The van der Waals surface area contributed by atoms with E-state index in [2.05, 4.69) is 10.4 Å². The molecule has 4 heteroatoms. The third-order valence-electron chi connectivity index (χ3n) is 4.07. The standard InChI is InChI=1S/C22H17N3O/c26-22(23-18-12-6-2-7-13-18)21-20(17-10-4-1-5-11-17)16-25(24-21)19-14-8-3-9-15-19/h1-16H,(H,23,26). The van der Waals surface area contributed by atoms with Gasteiger partial charge in [0, 0.05) is 17.4 Å². The first kappa shape index (κ1) is 15.8. The van der Waals surface area contributed by atoms with Crippen molar-refractivity contribution in [3.05, 3.63) is 103 Å². The molecule has 4 rings (SSSR count). The van der Waals surface area contributed by atoms with Gasteiger partial charge in [-0.25, -0.2) is 4.68 Å². The molecule has 1 heterocycles. The van der Waals surface area contributed by atoms with E-state index in [0.717, 1.165) is 22.5 Å². The summed E-state index contributed by atoms with van der Waals surface area (Å²) in [5.41, 5.74) is 3.79. The Morgan fingerprint density at radius 2 is 1.35 bits per heavy atom. The lowest BCUT2D eigenvalue weighted by Gasteiger charge is -2.05. The van der Waals surface area contributed by atoms with Crippen LogP contribution in [0.5, 0.6) is 0 Å². The number of carbonyl (C=O) groups excluding carboxylic acids is 1. The van der Waals surface area contributed by atoms with Crippen LogP contribution in [0.15, 0.2) is 97.2 Å². The number of para-hydroxylation sites is 2. The van der Waals surface area contributed by atoms with Gasteiger partial charge in [0.2, 0.25) is 0 Å². The zero-order valence-electron chi connectivity index (χ0n) is 14.0. The molecule has 0 spiro atoms. The van der Waals surface area contributed by atoms with Crippen LogP contribution < -0.4 is 5.32 Å². The number of nitrogens with one attached hydrogen (secondary N) is 1. The van der Waals surface area contributed by atoms with E-state index in [1.165, 1.54) is 0 Å². The van der Waals surface area contributed by atoms with Gasteiger partial charge in [0.05, 0.1) is 5.69 Å². The number of aromatic nitrogens is 2. The van der Waals surface area contributed by atoms with Crippen molar-refractivity contribution in [2.45, 2.75) is 0 Å². The van der Waals surface area contributed by atoms with E-state index in [-0.39, 0.29) is 5.91 Å². The van der Waals surface area contributed by atoms with Crippen LogP contribution in [0.2, 0.25) is 0 Å². The Labute approximate surface area is 151 Å². The quantitative estimate of drug-likeness (QED) is 0.581. The summed E-state index contributed by atoms with van der Waals surface area (Å²) in [7, 11) is 0. The van der Waals surface area contributed by atoms with Crippen molar-refractivity contribution >= 4 is 11.6 Å². The molecule has 0 fully saturated rings. The predicted octanol–water partition coefficient (Wildman–Crippen LogP) is 4.79. The molecule has 0 aliphatic rings. The molecule has 0 bridgehead atoms. The maximum Gasteiger partial charge on any atom is 0.276 e. The number of hydrogen-bond donors (Lipinski definition) is 1. The Morgan fingerprint density at radius 1 is 0.769 bits per heavy atom. The van der Waals surface area contributed by atoms with Gasteiger partial charge in [0.1, 0.15) is 0 Å². The lowest BCUT2D eigenvalue weighted by Crippen LogP contribution is -2.14. The molecule has 0 radical (unpaired) electrons. The molecular formula is C22H17N3O. The minimum absolute atomic E-state index is 0.232. The molecular weight excluding hydrogens is 322 g/mol. The van der Waals surface area contributed by atoms with E-state index in [4.69, 9.17) is 0 Å². The summed E-state index contributed by atoms with van der Waals surface area (Å²) in [6, 6.07) is 29.0. The number of anilines is 1. The van der Waals surface area contributed by atoms with Crippen molar-refractivity contribution in [1.29, 1.82) is 0 Å². The predicted molar refractivity (Wildman–Crippen MR) is 103 cm³/mol. The highest BCUT2D eigenvalue weighted by Crippen LogP contribution is 2.25. The zero-order valence-corrected chi connectivity index (χ0v) is 14.0. The Hall–Kier alpha value is -3.66. The number of benzene rings is 3. The molecule has 1 N–H and O–H groups in total. The van der Waals surface area contributed by atoms with E-state index < -0.39 is 0 Å². The third kappa shape index (κ3) is 3.26. The van der Waals surface area contributed by atoms with Crippen LogP contribution in [-0.4, -0.2) is 15.7 Å². The van der Waals surface area contributed by atoms with E-state index in [0.29, 0.717) is 5.69 Å². The van der Waals surface area contributed by atoms with Gasteiger partial charge in [-0.2, -0.15) is 5.10 Å². The molecule has 0 aliphatic heterocycles. The van der Waals surface area contributed by atoms with Crippen molar-refractivity contribution in [2.24, 2.45) is 0 Å². The van der Waals surface area contributed by atoms with Crippen LogP contribution in [-0.2, 0) is 0 Å². The Kier molecular flexibility index (Phi) is 4.31. The lowest BCUT2D eigenvalue weighted by molar-refractivity contribution is 0.102. The van der Waals surface area contributed by atoms with Crippen LogP contribution in [0.3, 0.4) is 0 Å². The molecule has 0 saturated heterocycles. The molecule has 0 atom stereocenters. The zero-order chi connectivity index (χ0) is 17.8. The Morgan fingerprint density at radius 3 is 2.00 bits per heavy atom. The highest BCUT2D eigenvalue weighted by Gasteiger charge is 2.19. The Balaban J connectivity index is 1.77. The van der Waals surface area contributed by atoms with Gasteiger partial charge in [0.25, 0.3) is 5.91 Å². The number of nitrogens with zero attached hydrogens (tertiary/aromatic N) is 2. The SMILES string of the molecule is O=C(Nc1ccccc1)c1nn(-c2ccccc2)cc1-c1ccccc1. The second-order valence-corrected chi connectivity index (χ2v) is 5.86. The van der Waals surface area contributed by atoms with E-state index in [1.807, 2.05) is 97.2 Å². The summed E-state index contributed by atoms with van der Waals surface area (Å²) in [6.07, 6.45) is 1.89. The molecule has 3 aromatic carbocycles. The number of amides is 1. The first-order chi connectivity index (χ1) is 12.8. The van der Waals surface area contributed by atoms with Gasteiger partial charge in [-0.3, -0.25) is 4.79 Å². The van der Waals surface area contributed by atoms with Crippen LogP contribution in [0.1, 0.15) is 10.5 Å². The number of hydrogen-bond acceptors (Lipinski definition) is 2. The molecule has 1 aromatic heterocycles. The molecule has 4 nitrogen and oxygen atoms in total. The topological polar surface area (TPSA) is 46.9 Å². The fraction of sp³-hybridized carbons (Fsp3) is 0. The fourth-order valence-corrected chi connectivity index (χ4v) is 2.80. The van der Waals surface area contributed by atoms with Crippen LogP contribution in [0, 0.1) is 0 Å². The van der Waals surface area contributed by atoms with Gasteiger partial charge in [-0.05, 0) is 29.8 Å². The minimum Gasteiger partial charge on any atom is -0.321 e. The van der Waals surface area contributed by atoms with Crippen molar-refractivity contribution < 1.29 is 4.79 Å². The molecule has 4 aromatic rings. The van der Waals surface area contributed by atoms with Crippen LogP contribution in [0.25, 0.3) is 16.8 Å². The first-order valence-electron chi connectivity index (χ1n) is 8.38. The maximum atomic E-state index is 12.9. The second kappa shape index (κ2) is 7.07. The summed E-state index contributed by atoms with van der Waals surface area (Å²) in [6.45, 7) is 0. The summed E-state index contributed by atoms with van der Waals surface area (Å²) in [5.74, 6) is -0.232. The van der Waals surface area contributed by atoms with Crippen molar-refractivity contribution in [3.8, 4) is 16.8 Å². The summed E-state index contributed by atoms with van der Waals surface area (Å²) >= 11 is 0. The molecule has 126 valence electrons. The molecule has 0 aliphatic carbocycles. The second-order valence-electron chi connectivity index (χ2n) is 5.86. The average Bonchev–Trinajstić information content (AvgIpc) is 3.16. The Bertz CT molecular complexity index is 1010. The molecule has 26 heavy (non-hydrogen) atoms. The normalized spacial score (nSPS) is 10.5. The van der Waals surface area contributed by atoms with Crippen molar-refractivity contribution in [1.82, 2.24) is 9.78 Å². The average molecular weight is 339 g/mol. The van der Waals surface area contributed by atoms with Gasteiger partial charge < -0.3 is 5.32 Å². The van der Waals surface area contributed by atoms with Crippen molar-refractivity contribution in [3.63, 3.8) is 0 Å². The summed E-state index contributed by atoms with van der Waals surface area (Å²) in [4.78, 5) is 12.9. The molecule has 1 amide bonds. The van der Waals surface area contributed by atoms with Gasteiger partial charge in [-0.15, -0.1) is 0 Å². The first-order valence-corrected chi connectivity index (χ1v) is 8.38. The van der Waals surface area contributed by atoms with Crippen LogP contribution >= 0.6 is 0 Å². The fourth-order valence-electron chi connectivity index (χ4n) is 2.80. The lowest BCUT2D eigenvalue weighted by atomic mass is 10.1.